The van der Waals surface area contributed by atoms with Gasteiger partial charge in [0.15, 0.2) is 0 Å². The van der Waals surface area contributed by atoms with Crippen molar-refractivity contribution in [2.45, 2.75) is 13.0 Å². The third-order valence-electron chi connectivity index (χ3n) is 2.97. The van der Waals surface area contributed by atoms with Crippen molar-refractivity contribution in [1.82, 2.24) is 4.90 Å². The summed E-state index contributed by atoms with van der Waals surface area (Å²) in [5.74, 6) is 0.488. The lowest BCUT2D eigenvalue weighted by Gasteiger charge is -2.21. The van der Waals surface area contributed by atoms with E-state index in [4.69, 9.17) is 5.11 Å². The molecule has 3 heteroatoms. The monoisotopic (exact) mass is 167 g/mol. The van der Waals surface area contributed by atoms with Crippen molar-refractivity contribution >= 4 is 5.97 Å². The number of nitrogens with zero attached hydrogens (tertiary/aromatic N) is 1. The van der Waals surface area contributed by atoms with Crippen molar-refractivity contribution in [1.29, 1.82) is 0 Å². The van der Waals surface area contributed by atoms with Gasteiger partial charge < -0.3 is 5.11 Å². The van der Waals surface area contributed by atoms with Crippen molar-refractivity contribution in [2.75, 3.05) is 13.1 Å². The van der Waals surface area contributed by atoms with Gasteiger partial charge in [0.25, 0.3) is 0 Å². The second-order valence-electron chi connectivity index (χ2n) is 3.72. The smallest absolute Gasteiger partial charge is 0.317 e. The van der Waals surface area contributed by atoms with E-state index in [0.29, 0.717) is 17.9 Å². The first-order valence-electron chi connectivity index (χ1n) is 4.32. The van der Waals surface area contributed by atoms with Gasteiger partial charge in [0.1, 0.15) is 0 Å². The molecule has 1 fully saturated rings. The maximum Gasteiger partial charge on any atom is 0.317 e. The molecule has 3 unspecified atom stereocenters. The van der Waals surface area contributed by atoms with Crippen LogP contribution in [0.1, 0.15) is 6.92 Å². The Morgan fingerprint density at radius 1 is 1.67 bits per heavy atom. The molecule has 0 aromatic heterocycles. The Morgan fingerprint density at radius 2 is 2.42 bits per heavy atom. The Balaban J connectivity index is 2.04. The lowest BCUT2D eigenvalue weighted by Crippen LogP contribution is -2.35. The molecule has 0 aromatic rings. The number of carbonyl (C=O) groups is 1. The summed E-state index contributed by atoms with van der Waals surface area (Å²) < 4.78 is 0. The second-order valence-corrected chi connectivity index (χ2v) is 3.72. The highest BCUT2D eigenvalue weighted by molar-refractivity contribution is 5.69. The summed E-state index contributed by atoms with van der Waals surface area (Å²) in [6, 6.07) is 0.381. The summed E-state index contributed by atoms with van der Waals surface area (Å²) in [5.41, 5.74) is 0. The molecule has 0 spiro atoms. The van der Waals surface area contributed by atoms with Gasteiger partial charge in [-0.05, 0) is 11.8 Å². The maximum atomic E-state index is 10.5. The maximum absolute atomic E-state index is 10.5. The molecular formula is C9H13NO2. The first-order chi connectivity index (χ1) is 5.68. The first kappa shape index (κ1) is 7.80. The van der Waals surface area contributed by atoms with Crippen molar-refractivity contribution in [2.24, 2.45) is 11.8 Å². The second kappa shape index (κ2) is 2.59. The van der Waals surface area contributed by atoms with Crippen LogP contribution in [0.2, 0.25) is 0 Å². The molecule has 2 rings (SSSR count). The summed E-state index contributed by atoms with van der Waals surface area (Å²) in [7, 11) is 0. The van der Waals surface area contributed by atoms with Crippen LogP contribution >= 0.6 is 0 Å². The van der Waals surface area contributed by atoms with E-state index in [1.807, 2.05) is 4.90 Å². The molecule has 3 atom stereocenters. The van der Waals surface area contributed by atoms with E-state index in [-0.39, 0.29) is 6.54 Å². The highest BCUT2D eigenvalue weighted by Crippen LogP contribution is 2.36. The zero-order chi connectivity index (χ0) is 8.72. The Kier molecular flexibility index (Phi) is 1.68. The van der Waals surface area contributed by atoms with E-state index in [1.54, 1.807) is 0 Å². The van der Waals surface area contributed by atoms with Gasteiger partial charge in [0, 0.05) is 12.6 Å². The Morgan fingerprint density at radius 3 is 2.83 bits per heavy atom. The molecule has 66 valence electrons. The predicted molar refractivity (Wildman–Crippen MR) is 44.8 cm³/mol. The van der Waals surface area contributed by atoms with Crippen molar-refractivity contribution in [3.8, 4) is 0 Å². The van der Waals surface area contributed by atoms with E-state index < -0.39 is 5.97 Å². The number of hydrogen-bond donors (Lipinski definition) is 1. The minimum atomic E-state index is -0.719. The number of rotatable bonds is 2. The Labute approximate surface area is 71.7 Å². The molecule has 1 heterocycles. The van der Waals surface area contributed by atoms with Gasteiger partial charge in [0.05, 0.1) is 6.54 Å². The fraction of sp³-hybridized carbons (Fsp3) is 0.667. The van der Waals surface area contributed by atoms with Gasteiger partial charge in [-0.25, -0.2) is 0 Å². The first-order valence-corrected chi connectivity index (χ1v) is 4.32. The Bertz CT molecular complexity index is 237. The number of carboxylic acid groups (broad SMARTS) is 1. The Hall–Kier alpha value is -0.830. The van der Waals surface area contributed by atoms with Crippen LogP contribution in [0.25, 0.3) is 0 Å². The lowest BCUT2D eigenvalue weighted by atomic mass is 10.0. The fourth-order valence-electron chi connectivity index (χ4n) is 2.28. The van der Waals surface area contributed by atoms with Gasteiger partial charge in [-0.1, -0.05) is 19.1 Å². The molecule has 0 aromatic carbocycles. The fourth-order valence-corrected chi connectivity index (χ4v) is 2.28. The summed E-state index contributed by atoms with van der Waals surface area (Å²) in [6.45, 7) is 3.31. The quantitative estimate of drug-likeness (QED) is 0.611. The number of fused-ring (bicyclic) bond motifs is 2. The van der Waals surface area contributed by atoms with Crippen molar-refractivity contribution in [3.63, 3.8) is 0 Å². The van der Waals surface area contributed by atoms with E-state index in [0.717, 1.165) is 6.54 Å². The number of likely N-dealkylation sites (tertiary alicyclic amines) is 1. The largest absolute Gasteiger partial charge is 0.480 e. The van der Waals surface area contributed by atoms with Crippen LogP contribution in [0, 0.1) is 11.8 Å². The van der Waals surface area contributed by atoms with Crippen LogP contribution in [0.3, 0.4) is 0 Å². The van der Waals surface area contributed by atoms with Crippen molar-refractivity contribution < 1.29 is 9.90 Å². The lowest BCUT2D eigenvalue weighted by molar-refractivity contribution is -0.138. The summed E-state index contributed by atoms with van der Waals surface area (Å²) >= 11 is 0. The van der Waals surface area contributed by atoms with Gasteiger partial charge in [-0.3, -0.25) is 9.69 Å². The molecule has 2 bridgehead atoms. The van der Waals surface area contributed by atoms with Crippen LogP contribution in [-0.2, 0) is 4.79 Å². The normalized spacial score (nSPS) is 39.2. The van der Waals surface area contributed by atoms with Crippen LogP contribution in [0.5, 0.6) is 0 Å². The van der Waals surface area contributed by atoms with Gasteiger partial charge in [-0.2, -0.15) is 0 Å². The molecule has 1 N–H and O–H groups in total. The molecule has 2 aliphatic rings. The molecule has 1 aliphatic carbocycles. The predicted octanol–water partition coefficient (Wildman–Crippen LogP) is 0.577. The molecule has 1 saturated heterocycles. The molecule has 3 nitrogen and oxygen atoms in total. The third kappa shape index (κ3) is 1.05. The topological polar surface area (TPSA) is 40.5 Å². The van der Waals surface area contributed by atoms with Crippen LogP contribution in [-0.4, -0.2) is 35.1 Å². The summed E-state index contributed by atoms with van der Waals surface area (Å²) in [5, 5.41) is 8.62. The van der Waals surface area contributed by atoms with Crippen LogP contribution < -0.4 is 0 Å². The summed E-state index contributed by atoms with van der Waals surface area (Å²) in [4.78, 5) is 12.5. The third-order valence-corrected chi connectivity index (χ3v) is 2.97. The van der Waals surface area contributed by atoms with E-state index >= 15 is 0 Å². The minimum Gasteiger partial charge on any atom is -0.480 e. The van der Waals surface area contributed by atoms with Gasteiger partial charge >= 0.3 is 5.97 Å². The number of aliphatic carboxylic acids is 1. The van der Waals surface area contributed by atoms with Crippen LogP contribution in [0.4, 0.5) is 0 Å². The van der Waals surface area contributed by atoms with Crippen molar-refractivity contribution in [3.05, 3.63) is 12.2 Å². The molecule has 1 aliphatic heterocycles. The SMILES string of the molecule is CC1C2C=CC1N(CC(=O)O)C2. The molecule has 0 radical (unpaired) electrons. The summed E-state index contributed by atoms with van der Waals surface area (Å²) in [6.07, 6.45) is 4.36. The van der Waals surface area contributed by atoms with E-state index in [2.05, 4.69) is 19.1 Å². The standard InChI is InChI=1S/C9H13NO2/c1-6-7-2-3-8(6)10(4-7)5-9(11)12/h2-3,6-8H,4-5H2,1H3,(H,11,12). The zero-order valence-electron chi connectivity index (χ0n) is 7.10. The average Bonchev–Trinajstić information content (AvgIpc) is 2.44. The van der Waals surface area contributed by atoms with E-state index in [9.17, 15) is 4.79 Å². The van der Waals surface area contributed by atoms with Crippen LogP contribution in [0.15, 0.2) is 12.2 Å². The minimum absolute atomic E-state index is 0.190. The van der Waals surface area contributed by atoms with Gasteiger partial charge in [0.2, 0.25) is 0 Å². The van der Waals surface area contributed by atoms with E-state index in [1.165, 1.54) is 0 Å². The molecule has 0 amide bonds. The zero-order valence-corrected chi connectivity index (χ0v) is 7.10. The highest BCUT2D eigenvalue weighted by Gasteiger charge is 2.40. The number of carboxylic acids is 1. The molecular weight excluding hydrogens is 154 g/mol. The average molecular weight is 167 g/mol. The highest BCUT2D eigenvalue weighted by atomic mass is 16.4. The molecule has 12 heavy (non-hydrogen) atoms. The van der Waals surface area contributed by atoms with Gasteiger partial charge in [-0.15, -0.1) is 0 Å². The number of hydrogen-bond acceptors (Lipinski definition) is 2. The molecule has 0 saturated carbocycles.